The predicted octanol–water partition coefficient (Wildman–Crippen LogP) is 6.81. The standard InChI is InChI=1S/C33H26FN7O2S/c1-4-26(42)39-16-20-6-8-22(18(2)14-20)29-27(21-7-9-25(24(34)15-21)43-33-38-13-10-19(3)41-33)28-30(44-29)23(17-40-31(28)35)32-36-11-5-12-37-32/h4-15,17H,1,16H2,2-3H3,(H2,35,40)(H,39,42). The summed E-state index contributed by atoms with van der Waals surface area (Å²) in [4.78, 5) is 34.2. The first-order valence-electron chi connectivity index (χ1n) is 13.6. The summed E-state index contributed by atoms with van der Waals surface area (Å²) in [5.74, 6) is -0.0421. The SMILES string of the molecule is C=CC(=O)NCc1ccc(-c2sc3c(-c4ncccn4)cnc(N)c3c2-c2ccc(Oc3nccc(C)n3)c(F)c2)c(C)c1. The molecule has 44 heavy (non-hydrogen) atoms. The summed E-state index contributed by atoms with van der Waals surface area (Å²) in [6.45, 7) is 7.65. The normalized spacial score (nSPS) is 11.0. The van der Waals surface area contributed by atoms with Crippen molar-refractivity contribution in [1.82, 2.24) is 30.2 Å². The Kier molecular flexibility index (Phi) is 7.78. The topological polar surface area (TPSA) is 129 Å². The van der Waals surface area contributed by atoms with E-state index in [2.05, 4.69) is 36.8 Å². The van der Waals surface area contributed by atoms with Gasteiger partial charge in [0.1, 0.15) is 5.82 Å². The van der Waals surface area contributed by atoms with E-state index >= 15 is 4.39 Å². The molecule has 6 aromatic rings. The van der Waals surface area contributed by atoms with Crippen molar-refractivity contribution in [3.05, 3.63) is 109 Å². The van der Waals surface area contributed by atoms with E-state index in [1.807, 2.05) is 25.1 Å². The summed E-state index contributed by atoms with van der Waals surface area (Å²) in [6, 6.07) is 14.2. The number of hydrogen-bond donors (Lipinski definition) is 2. The molecule has 3 N–H and O–H groups in total. The van der Waals surface area contributed by atoms with Gasteiger partial charge < -0.3 is 15.8 Å². The fourth-order valence-electron chi connectivity index (χ4n) is 4.85. The Labute approximate surface area is 256 Å². The Balaban J connectivity index is 1.52. The second kappa shape index (κ2) is 12.0. The van der Waals surface area contributed by atoms with Crippen LogP contribution in [0.5, 0.6) is 11.8 Å². The maximum absolute atomic E-state index is 15.6. The lowest BCUT2D eigenvalue weighted by atomic mass is 9.95. The first-order chi connectivity index (χ1) is 21.3. The fraction of sp³-hybridized carbons (Fsp3) is 0.0909. The number of ether oxygens (including phenoxy) is 1. The second-order valence-electron chi connectivity index (χ2n) is 9.94. The molecule has 0 aliphatic heterocycles. The number of aryl methyl sites for hydroxylation is 2. The van der Waals surface area contributed by atoms with Crippen molar-refractivity contribution >= 4 is 33.1 Å². The van der Waals surface area contributed by atoms with Gasteiger partial charge in [-0.25, -0.2) is 29.3 Å². The molecule has 6 rings (SSSR count). The number of halogens is 1. The molecule has 0 radical (unpaired) electrons. The minimum Gasteiger partial charge on any atom is -0.421 e. The lowest BCUT2D eigenvalue weighted by Gasteiger charge is -2.12. The van der Waals surface area contributed by atoms with Crippen LogP contribution in [0, 0.1) is 19.7 Å². The van der Waals surface area contributed by atoms with Gasteiger partial charge in [0.15, 0.2) is 17.4 Å². The van der Waals surface area contributed by atoms with Gasteiger partial charge in [0, 0.05) is 52.9 Å². The smallest absolute Gasteiger partial charge is 0.322 e. The zero-order valence-corrected chi connectivity index (χ0v) is 24.7. The molecule has 4 aromatic heterocycles. The highest BCUT2D eigenvalue weighted by Crippen LogP contribution is 2.50. The third-order valence-corrected chi connectivity index (χ3v) is 8.19. The summed E-state index contributed by atoms with van der Waals surface area (Å²) >= 11 is 1.51. The Hall–Kier alpha value is -5.55. The first-order valence-corrected chi connectivity index (χ1v) is 14.4. The van der Waals surface area contributed by atoms with Crippen molar-refractivity contribution in [2.45, 2.75) is 20.4 Å². The van der Waals surface area contributed by atoms with Crippen LogP contribution < -0.4 is 15.8 Å². The van der Waals surface area contributed by atoms with Crippen molar-refractivity contribution in [2.75, 3.05) is 5.73 Å². The van der Waals surface area contributed by atoms with Crippen LogP contribution in [0.25, 0.3) is 43.0 Å². The molecule has 0 bridgehead atoms. The van der Waals surface area contributed by atoms with E-state index in [1.165, 1.54) is 23.5 Å². The molecule has 0 aliphatic carbocycles. The first kappa shape index (κ1) is 28.6. The zero-order chi connectivity index (χ0) is 30.8. The maximum atomic E-state index is 15.6. The molecule has 0 aliphatic rings. The van der Waals surface area contributed by atoms with Gasteiger partial charge in [-0.2, -0.15) is 0 Å². The monoisotopic (exact) mass is 603 g/mol. The average Bonchev–Trinajstić information content (AvgIpc) is 3.42. The minimum absolute atomic E-state index is 0.00740. The van der Waals surface area contributed by atoms with E-state index in [1.54, 1.807) is 56.0 Å². The number of benzene rings is 2. The number of carbonyl (C=O) groups excluding carboxylic acids is 1. The molecule has 9 nitrogen and oxygen atoms in total. The molecule has 0 unspecified atom stereocenters. The Morgan fingerprint density at radius 3 is 2.59 bits per heavy atom. The third-order valence-electron chi connectivity index (χ3n) is 6.93. The van der Waals surface area contributed by atoms with Crippen LogP contribution in [0.15, 0.2) is 86.0 Å². The highest BCUT2D eigenvalue weighted by atomic mass is 32.1. The van der Waals surface area contributed by atoms with Crippen LogP contribution in [-0.2, 0) is 11.3 Å². The average molecular weight is 604 g/mol. The van der Waals surface area contributed by atoms with E-state index in [9.17, 15) is 4.79 Å². The lowest BCUT2D eigenvalue weighted by molar-refractivity contribution is -0.116. The highest BCUT2D eigenvalue weighted by Gasteiger charge is 2.24. The van der Waals surface area contributed by atoms with E-state index in [-0.39, 0.29) is 17.7 Å². The van der Waals surface area contributed by atoms with Gasteiger partial charge in [-0.15, -0.1) is 11.3 Å². The predicted molar refractivity (Wildman–Crippen MR) is 170 cm³/mol. The Morgan fingerprint density at radius 2 is 1.86 bits per heavy atom. The minimum atomic E-state index is -0.586. The molecule has 0 fully saturated rings. The summed E-state index contributed by atoms with van der Waals surface area (Å²) in [6.07, 6.45) is 7.79. The van der Waals surface area contributed by atoms with Gasteiger partial charge in [0.05, 0.1) is 10.3 Å². The number of nitrogen functional groups attached to an aromatic ring is 1. The maximum Gasteiger partial charge on any atom is 0.322 e. The van der Waals surface area contributed by atoms with Gasteiger partial charge in [-0.3, -0.25) is 4.79 Å². The van der Waals surface area contributed by atoms with Crippen molar-refractivity contribution in [2.24, 2.45) is 0 Å². The number of nitrogens with one attached hydrogen (secondary N) is 1. The van der Waals surface area contributed by atoms with Crippen LogP contribution >= 0.6 is 11.3 Å². The summed E-state index contributed by atoms with van der Waals surface area (Å²) < 4.78 is 22.1. The van der Waals surface area contributed by atoms with Crippen LogP contribution in [0.2, 0.25) is 0 Å². The number of fused-ring (bicyclic) bond motifs is 1. The highest BCUT2D eigenvalue weighted by molar-refractivity contribution is 7.23. The fourth-order valence-corrected chi connectivity index (χ4v) is 6.28. The zero-order valence-electron chi connectivity index (χ0n) is 23.8. The number of nitrogens with two attached hydrogens (primary N) is 1. The molecular weight excluding hydrogens is 577 g/mol. The molecule has 11 heteroatoms. The second-order valence-corrected chi connectivity index (χ2v) is 11.0. The number of carbonyl (C=O) groups is 1. The number of thiophene rings is 1. The number of pyridine rings is 1. The molecule has 0 atom stereocenters. The Morgan fingerprint density at radius 1 is 1.05 bits per heavy atom. The number of anilines is 1. The summed E-state index contributed by atoms with van der Waals surface area (Å²) in [5, 5.41) is 3.48. The van der Waals surface area contributed by atoms with Crippen LogP contribution in [-0.4, -0.2) is 30.8 Å². The number of nitrogens with zero attached hydrogens (tertiary/aromatic N) is 5. The molecule has 0 saturated heterocycles. The molecule has 218 valence electrons. The molecule has 1 amide bonds. The Bertz CT molecular complexity index is 2050. The summed E-state index contributed by atoms with van der Waals surface area (Å²) in [7, 11) is 0. The number of hydrogen-bond acceptors (Lipinski definition) is 9. The van der Waals surface area contributed by atoms with Gasteiger partial charge in [-0.1, -0.05) is 30.8 Å². The van der Waals surface area contributed by atoms with E-state index in [0.29, 0.717) is 40.4 Å². The third kappa shape index (κ3) is 5.60. The van der Waals surface area contributed by atoms with Gasteiger partial charge in [0.2, 0.25) is 5.91 Å². The number of amides is 1. The van der Waals surface area contributed by atoms with Gasteiger partial charge >= 0.3 is 6.01 Å². The molecular formula is C33H26FN7O2S. The van der Waals surface area contributed by atoms with Crippen molar-refractivity contribution < 1.29 is 13.9 Å². The van der Waals surface area contributed by atoms with E-state index in [0.717, 1.165) is 31.8 Å². The van der Waals surface area contributed by atoms with Crippen LogP contribution in [0.1, 0.15) is 16.8 Å². The van der Waals surface area contributed by atoms with Crippen molar-refractivity contribution in [1.29, 1.82) is 0 Å². The molecule has 4 heterocycles. The number of aromatic nitrogens is 5. The van der Waals surface area contributed by atoms with Gasteiger partial charge in [-0.05, 0) is 66.4 Å². The van der Waals surface area contributed by atoms with Crippen molar-refractivity contribution in [3.8, 4) is 44.7 Å². The van der Waals surface area contributed by atoms with Gasteiger partial charge in [0.25, 0.3) is 0 Å². The largest absolute Gasteiger partial charge is 0.421 e. The molecule has 0 saturated carbocycles. The van der Waals surface area contributed by atoms with Crippen molar-refractivity contribution in [3.63, 3.8) is 0 Å². The number of rotatable bonds is 8. The lowest BCUT2D eigenvalue weighted by Crippen LogP contribution is -2.19. The van der Waals surface area contributed by atoms with Crippen LogP contribution in [0.3, 0.4) is 0 Å². The van der Waals surface area contributed by atoms with E-state index in [4.69, 9.17) is 10.5 Å². The van der Waals surface area contributed by atoms with Crippen LogP contribution in [0.4, 0.5) is 10.2 Å². The molecule has 2 aromatic carbocycles. The molecule has 0 spiro atoms. The van der Waals surface area contributed by atoms with E-state index < -0.39 is 5.82 Å². The quantitative estimate of drug-likeness (QED) is 0.182. The summed E-state index contributed by atoms with van der Waals surface area (Å²) in [5.41, 5.74) is 12.1.